The van der Waals surface area contributed by atoms with Crippen LogP contribution in [0.25, 0.3) is 0 Å². The molecule has 2 saturated heterocycles. The lowest BCUT2D eigenvalue weighted by Gasteiger charge is -2.46. The minimum atomic E-state index is 0.737. The second kappa shape index (κ2) is 5.70. The van der Waals surface area contributed by atoms with Crippen LogP contribution in [0.4, 0.5) is 0 Å². The molecule has 1 aromatic rings. The van der Waals surface area contributed by atoms with E-state index in [1.165, 1.54) is 18.7 Å². The summed E-state index contributed by atoms with van der Waals surface area (Å²) in [6.45, 7) is 7.91. The first-order valence-electron chi connectivity index (χ1n) is 7.01. The summed E-state index contributed by atoms with van der Waals surface area (Å²) < 4.78 is 0. The molecule has 0 saturated carbocycles. The molecule has 4 nitrogen and oxygen atoms in total. The Hall–Kier alpha value is -1.41. The molecule has 2 aliphatic rings. The van der Waals surface area contributed by atoms with Gasteiger partial charge in [-0.15, -0.1) is 0 Å². The average Bonchev–Trinajstić information content (AvgIpc) is 2.43. The molecule has 0 aliphatic carbocycles. The Labute approximate surface area is 114 Å². The number of benzene rings is 1. The molecular weight excluding hydrogens is 236 g/mol. The van der Waals surface area contributed by atoms with Crippen molar-refractivity contribution in [2.75, 3.05) is 39.3 Å². The maximum absolute atomic E-state index is 8.90. The Bertz CT molecular complexity index is 467. The maximum atomic E-state index is 8.90. The summed E-state index contributed by atoms with van der Waals surface area (Å²) in [4.78, 5) is 5.06. The van der Waals surface area contributed by atoms with Crippen molar-refractivity contribution in [1.29, 1.82) is 5.26 Å². The highest BCUT2D eigenvalue weighted by atomic mass is 15.3. The number of nitrogens with one attached hydrogen (secondary N) is 1. The molecule has 100 valence electrons. The van der Waals surface area contributed by atoms with Crippen LogP contribution in [0, 0.1) is 11.3 Å². The van der Waals surface area contributed by atoms with Crippen molar-refractivity contribution in [2.45, 2.75) is 12.6 Å². The molecule has 3 rings (SSSR count). The van der Waals surface area contributed by atoms with E-state index >= 15 is 0 Å². The monoisotopic (exact) mass is 256 g/mol. The molecule has 0 bridgehead atoms. The van der Waals surface area contributed by atoms with Gasteiger partial charge in [0.05, 0.1) is 11.6 Å². The Morgan fingerprint density at radius 3 is 2.79 bits per heavy atom. The molecule has 2 heterocycles. The number of nitrogens with zero attached hydrogens (tertiary/aromatic N) is 3. The predicted molar refractivity (Wildman–Crippen MR) is 74.7 cm³/mol. The Kier molecular flexibility index (Phi) is 3.79. The highest BCUT2D eigenvalue weighted by Gasteiger charge is 2.31. The van der Waals surface area contributed by atoms with E-state index in [-0.39, 0.29) is 0 Å². The first kappa shape index (κ1) is 12.6. The normalized spacial score (nSPS) is 21.8. The van der Waals surface area contributed by atoms with Gasteiger partial charge in [0.15, 0.2) is 0 Å². The van der Waals surface area contributed by atoms with Crippen molar-refractivity contribution >= 4 is 0 Å². The van der Waals surface area contributed by atoms with Crippen molar-refractivity contribution < 1.29 is 0 Å². The van der Waals surface area contributed by atoms with Gasteiger partial charge in [-0.05, 0) is 17.7 Å². The SMILES string of the molecule is N#Cc1cccc(CN2CC(N3CCNCC3)C2)c1. The van der Waals surface area contributed by atoms with Crippen LogP contribution < -0.4 is 5.32 Å². The number of likely N-dealkylation sites (tertiary alicyclic amines) is 1. The van der Waals surface area contributed by atoms with E-state index in [0.29, 0.717) is 0 Å². The van der Waals surface area contributed by atoms with Crippen LogP contribution in [-0.4, -0.2) is 55.1 Å². The van der Waals surface area contributed by atoms with Gasteiger partial charge >= 0.3 is 0 Å². The molecule has 0 unspecified atom stereocenters. The van der Waals surface area contributed by atoms with Gasteiger partial charge in [0, 0.05) is 51.9 Å². The summed E-state index contributed by atoms with van der Waals surface area (Å²) in [6.07, 6.45) is 0. The van der Waals surface area contributed by atoms with E-state index in [1.807, 2.05) is 18.2 Å². The molecule has 0 amide bonds. The molecule has 0 aromatic heterocycles. The summed E-state index contributed by atoms with van der Waals surface area (Å²) in [6, 6.07) is 10.9. The van der Waals surface area contributed by atoms with Crippen molar-refractivity contribution in [3.8, 4) is 6.07 Å². The minimum absolute atomic E-state index is 0.737. The topological polar surface area (TPSA) is 42.3 Å². The Morgan fingerprint density at radius 1 is 1.26 bits per heavy atom. The standard InChI is InChI=1S/C15H20N4/c16-9-13-2-1-3-14(8-13)10-18-11-15(12-18)19-6-4-17-5-7-19/h1-3,8,15,17H,4-7,10-12H2. The van der Waals surface area contributed by atoms with Crippen LogP contribution >= 0.6 is 0 Å². The van der Waals surface area contributed by atoms with Crippen molar-refractivity contribution in [3.05, 3.63) is 35.4 Å². The van der Waals surface area contributed by atoms with Crippen LogP contribution in [0.3, 0.4) is 0 Å². The second-order valence-electron chi connectivity index (χ2n) is 5.45. The quantitative estimate of drug-likeness (QED) is 0.862. The molecule has 0 spiro atoms. The minimum Gasteiger partial charge on any atom is -0.314 e. The van der Waals surface area contributed by atoms with E-state index in [4.69, 9.17) is 5.26 Å². The zero-order valence-corrected chi connectivity index (χ0v) is 11.2. The third kappa shape index (κ3) is 2.95. The fourth-order valence-electron chi connectivity index (χ4n) is 2.95. The predicted octanol–water partition coefficient (Wildman–Crippen LogP) is 0.648. The van der Waals surface area contributed by atoms with Crippen LogP contribution in [0.2, 0.25) is 0 Å². The van der Waals surface area contributed by atoms with E-state index in [9.17, 15) is 0 Å². The number of nitriles is 1. The average molecular weight is 256 g/mol. The maximum Gasteiger partial charge on any atom is 0.0991 e. The van der Waals surface area contributed by atoms with Crippen molar-refractivity contribution in [1.82, 2.24) is 15.1 Å². The summed E-state index contributed by atoms with van der Waals surface area (Å²) in [7, 11) is 0. The lowest BCUT2D eigenvalue weighted by atomic mass is 10.0. The Balaban J connectivity index is 1.49. The zero-order valence-electron chi connectivity index (χ0n) is 11.2. The van der Waals surface area contributed by atoms with Gasteiger partial charge in [0.25, 0.3) is 0 Å². The van der Waals surface area contributed by atoms with Crippen LogP contribution in [0.5, 0.6) is 0 Å². The fourth-order valence-corrected chi connectivity index (χ4v) is 2.95. The van der Waals surface area contributed by atoms with Gasteiger partial charge in [-0.2, -0.15) is 5.26 Å². The molecule has 4 heteroatoms. The first-order valence-corrected chi connectivity index (χ1v) is 7.01. The van der Waals surface area contributed by atoms with Gasteiger partial charge < -0.3 is 5.32 Å². The summed E-state index contributed by atoms with van der Waals surface area (Å²) in [5, 5.41) is 12.3. The second-order valence-corrected chi connectivity index (χ2v) is 5.45. The molecule has 19 heavy (non-hydrogen) atoms. The van der Waals surface area contributed by atoms with Crippen LogP contribution in [0.15, 0.2) is 24.3 Å². The summed E-state index contributed by atoms with van der Waals surface area (Å²) >= 11 is 0. The molecule has 0 radical (unpaired) electrons. The highest BCUT2D eigenvalue weighted by molar-refractivity contribution is 5.32. The lowest BCUT2D eigenvalue weighted by Crippen LogP contribution is -2.62. The molecule has 1 aromatic carbocycles. The smallest absolute Gasteiger partial charge is 0.0991 e. The van der Waals surface area contributed by atoms with E-state index in [0.717, 1.165) is 44.3 Å². The lowest BCUT2D eigenvalue weighted by molar-refractivity contribution is 0.0223. The van der Waals surface area contributed by atoms with Gasteiger partial charge in [0.2, 0.25) is 0 Å². The Morgan fingerprint density at radius 2 is 2.05 bits per heavy atom. The number of piperazine rings is 1. The highest BCUT2D eigenvalue weighted by Crippen LogP contribution is 2.18. The van der Waals surface area contributed by atoms with Gasteiger partial charge in [-0.1, -0.05) is 12.1 Å². The number of rotatable bonds is 3. The summed E-state index contributed by atoms with van der Waals surface area (Å²) in [5.41, 5.74) is 2.01. The molecule has 2 aliphatic heterocycles. The van der Waals surface area contributed by atoms with Crippen molar-refractivity contribution in [3.63, 3.8) is 0 Å². The number of hydrogen-bond acceptors (Lipinski definition) is 4. The van der Waals surface area contributed by atoms with Gasteiger partial charge in [-0.3, -0.25) is 9.80 Å². The third-order valence-electron chi connectivity index (χ3n) is 4.07. The molecule has 2 fully saturated rings. The zero-order chi connectivity index (χ0) is 13.1. The van der Waals surface area contributed by atoms with Crippen molar-refractivity contribution in [2.24, 2.45) is 0 Å². The summed E-state index contributed by atoms with van der Waals surface area (Å²) in [5.74, 6) is 0. The van der Waals surface area contributed by atoms with Gasteiger partial charge in [-0.25, -0.2) is 0 Å². The van der Waals surface area contributed by atoms with E-state index in [1.54, 1.807) is 0 Å². The van der Waals surface area contributed by atoms with Crippen LogP contribution in [-0.2, 0) is 6.54 Å². The van der Waals surface area contributed by atoms with Crippen LogP contribution in [0.1, 0.15) is 11.1 Å². The third-order valence-corrected chi connectivity index (χ3v) is 4.07. The largest absolute Gasteiger partial charge is 0.314 e. The molecule has 1 N–H and O–H groups in total. The van der Waals surface area contributed by atoms with E-state index in [2.05, 4.69) is 27.3 Å². The van der Waals surface area contributed by atoms with E-state index < -0.39 is 0 Å². The first-order chi connectivity index (χ1) is 9.35. The molecular formula is C15H20N4. The van der Waals surface area contributed by atoms with Gasteiger partial charge in [0.1, 0.15) is 0 Å². The fraction of sp³-hybridized carbons (Fsp3) is 0.533. The number of hydrogen-bond donors (Lipinski definition) is 1. The molecule has 0 atom stereocenters.